The number of ketones is 1. The molecule has 0 spiro atoms. The molecule has 0 bridgehead atoms. The van der Waals surface area contributed by atoms with E-state index in [-0.39, 0.29) is 5.78 Å². The number of carbonyl (C=O) groups is 1. The first-order valence-electron chi connectivity index (χ1n) is 3.85. The van der Waals surface area contributed by atoms with E-state index >= 15 is 0 Å². The second-order valence-corrected chi connectivity index (χ2v) is 2.71. The van der Waals surface area contributed by atoms with Crippen LogP contribution in [0.5, 0.6) is 0 Å². The Morgan fingerprint density at radius 1 is 1.00 bits per heavy atom. The number of benzene rings is 1. The van der Waals surface area contributed by atoms with Crippen molar-refractivity contribution in [3.05, 3.63) is 53.6 Å². The van der Waals surface area contributed by atoms with Gasteiger partial charge in [-0.2, -0.15) is 0 Å². The number of carbonyl (C=O) groups excluding carboxylic acids is 1. The first kappa shape index (κ1) is 7.04. The number of hydrogen-bond donors (Lipinski definition) is 0. The normalized spacial score (nSPS) is 18.0. The molecular weight excluding hydrogens is 148 g/mol. The van der Waals surface area contributed by atoms with Crippen LogP contribution in [-0.4, -0.2) is 5.78 Å². The maximum atomic E-state index is 10.9. The quantitative estimate of drug-likeness (QED) is 0.570. The maximum absolute atomic E-state index is 10.9. The van der Waals surface area contributed by atoms with Crippen molar-refractivity contribution in [3.63, 3.8) is 0 Å². The van der Waals surface area contributed by atoms with E-state index < -0.39 is 0 Å². The van der Waals surface area contributed by atoms with Gasteiger partial charge in [-0.25, -0.2) is 0 Å². The van der Waals surface area contributed by atoms with Crippen LogP contribution in [0, 0.1) is 0 Å². The minimum absolute atomic E-state index is 0.124. The van der Waals surface area contributed by atoms with Crippen LogP contribution in [-0.2, 0) is 4.79 Å². The molecule has 0 radical (unpaired) electrons. The van der Waals surface area contributed by atoms with Gasteiger partial charge in [-0.05, 0) is 23.8 Å². The molecule has 0 atom stereocenters. The van der Waals surface area contributed by atoms with Crippen molar-refractivity contribution in [2.45, 2.75) is 0 Å². The molecule has 2 rings (SSSR count). The molecule has 1 nitrogen and oxygen atoms in total. The monoisotopic (exact) mass is 156 g/mol. The lowest BCUT2D eigenvalue weighted by molar-refractivity contribution is -0.111. The van der Waals surface area contributed by atoms with Crippen molar-refractivity contribution in [2.24, 2.45) is 0 Å². The molecule has 1 aliphatic carbocycles. The summed E-state index contributed by atoms with van der Waals surface area (Å²) in [5, 5.41) is 0. The number of allylic oxidation sites excluding steroid dienone is 3. The predicted molar refractivity (Wildman–Crippen MR) is 48.6 cm³/mol. The summed E-state index contributed by atoms with van der Waals surface area (Å²) in [6.07, 6.45) is 5.30. The van der Waals surface area contributed by atoms with Gasteiger partial charge in [0.2, 0.25) is 0 Å². The number of rotatable bonds is 1. The highest BCUT2D eigenvalue weighted by atomic mass is 16.1. The van der Waals surface area contributed by atoms with Crippen LogP contribution in [0.3, 0.4) is 0 Å². The summed E-state index contributed by atoms with van der Waals surface area (Å²) in [5.41, 5.74) is 1.87. The largest absolute Gasteiger partial charge is 0.289 e. The highest BCUT2D eigenvalue weighted by Crippen LogP contribution is 2.15. The van der Waals surface area contributed by atoms with Gasteiger partial charge in [0, 0.05) is 5.57 Å². The van der Waals surface area contributed by atoms with Crippen LogP contribution < -0.4 is 0 Å². The van der Waals surface area contributed by atoms with Gasteiger partial charge >= 0.3 is 0 Å². The Balaban J connectivity index is 2.30. The van der Waals surface area contributed by atoms with Crippen LogP contribution >= 0.6 is 0 Å². The van der Waals surface area contributed by atoms with Crippen LogP contribution in [0.2, 0.25) is 0 Å². The smallest absolute Gasteiger partial charge is 0.185 e. The van der Waals surface area contributed by atoms with Crippen molar-refractivity contribution in [3.8, 4) is 0 Å². The zero-order chi connectivity index (χ0) is 8.39. The summed E-state index contributed by atoms with van der Waals surface area (Å²) >= 11 is 0. The van der Waals surface area contributed by atoms with Crippen LogP contribution in [0.15, 0.2) is 48.1 Å². The first-order chi connectivity index (χ1) is 5.86. The van der Waals surface area contributed by atoms with E-state index in [1.807, 2.05) is 42.5 Å². The SMILES string of the molecule is O=C1C=C/C1=C\c1ccccc1. The van der Waals surface area contributed by atoms with Gasteiger partial charge in [0.15, 0.2) is 5.78 Å². The average Bonchev–Trinajstić information content (AvgIpc) is 2.14. The van der Waals surface area contributed by atoms with E-state index in [4.69, 9.17) is 0 Å². The Bertz CT molecular complexity index is 358. The van der Waals surface area contributed by atoms with E-state index in [0.717, 1.165) is 11.1 Å². The Morgan fingerprint density at radius 3 is 2.25 bits per heavy atom. The summed E-state index contributed by atoms with van der Waals surface area (Å²) in [6.45, 7) is 0. The molecule has 0 aromatic heterocycles. The highest BCUT2D eigenvalue weighted by Gasteiger charge is 2.10. The first-order valence-corrected chi connectivity index (χ1v) is 3.85. The van der Waals surface area contributed by atoms with Gasteiger partial charge in [0.05, 0.1) is 0 Å². The molecule has 0 aliphatic heterocycles. The lowest BCUT2D eigenvalue weighted by Gasteiger charge is -2.04. The molecule has 1 aromatic carbocycles. The molecule has 0 saturated carbocycles. The molecule has 1 heteroatoms. The third-order valence-corrected chi connectivity index (χ3v) is 1.82. The summed E-state index contributed by atoms with van der Waals surface area (Å²) < 4.78 is 0. The molecule has 0 amide bonds. The molecule has 12 heavy (non-hydrogen) atoms. The van der Waals surface area contributed by atoms with Crippen molar-refractivity contribution in [1.29, 1.82) is 0 Å². The highest BCUT2D eigenvalue weighted by molar-refractivity contribution is 6.16. The van der Waals surface area contributed by atoms with Crippen LogP contribution in [0.25, 0.3) is 6.08 Å². The van der Waals surface area contributed by atoms with E-state index in [1.54, 1.807) is 6.08 Å². The topological polar surface area (TPSA) is 17.1 Å². The summed E-state index contributed by atoms with van der Waals surface area (Å²) in [4.78, 5) is 10.9. The Labute approximate surface area is 71.0 Å². The van der Waals surface area contributed by atoms with Gasteiger partial charge in [0.25, 0.3) is 0 Å². The van der Waals surface area contributed by atoms with E-state index in [1.165, 1.54) is 0 Å². The molecule has 0 fully saturated rings. The lowest BCUT2D eigenvalue weighted by Crippen LogP contribution is -2.04. The minimum atomic E-state index is 0.124. The zero-order valence-electron chi connectivity index (χ0n) is 6.53. The average molecular weight is 156 g/mol. The number of hydrogen-bond acceptors (Lipinski definition) is 1. The van der Waals surface area contributed by atoms with Gasteiger partial charge in [-0.15, -0.1) is 0 Å². The summed E-state index contributed by atoms with van der Waals surface area (Å²) in [7, 11) is 0. The van der Waals surface area contributed by atoms with Crippen LogP contribution in [0.1, 0.15) is 5.56 Å². The lowest BCUT2D eigenvalue weighted by atomic mass is 9.99. The van der Waals surface area contributed by atoms with E-state index in [2.05, 4.69) is 0 Å². The van der Waals surface area contributed by atoms with E-state index in [0.29, 0.717) is 0 Å². The van der Waals surface area contributed by atoms with Crippen molar-refractivity contribution in [2.75, 3.05) is 0 Å². The molecule has 0 unspecified atom stereocenters. The molecule has 0 N–H and O–H groups in total. The van der Waals surface area contributed by atoms with Gasteiger partial charge in [0.1, 0.15) is 0 Å². The Morgan fingerprint density at radius 2 is 1.75 bits per heavy atom. The van der Waals surface area contributed by atoms with Crippen molar-refractivity contribution < 1.29 is 4.79 Å². The van der Waals surface area contributed by atoms with E-state index in [9.17, 15) is 4.79 Å². The fraction of sp³-hybridized carbons (Fsp3) is 0. The Hall–Kier alpha value is -1.63. The second-order valence-electron chi connectivity index (χ2n) is 2.71. The van der Waals surface area contributed by atoms with Gasteiger partial charge in [-0.1, -0.05) is 30.3 Å². The molecular formula is C11H8O. The third-order valence-electron chi connectivity index (χ3n) is 1.82. The zero-order valence-corrected chi connectivity index (χ0v) is 6.53. The van der Waals surface area contributed by atoms with Crippen LogP contribution in [0.4, 0.5) is 0 Å². The second kappa shape index (κ2) is 2.78. The summed E-state index contributed by atoms with van der Waals surface area (Å²) in [5.74, 6) is 0.124. The third kappa shape index (κ3) is 1.21. The molecule has 0 heterocycles. The minimum Gasteiger partial charge on any atom is -0.289 e. The molecule has 58 valence electrons. The fourth-order valence-electron chi connectivity index (χ4n) is 1.10. The molecule has 0 saturated heterocycles. The molecule has 1 aromatic rings. The van der Waals surface area contributed by atoms with Crippen molar-refractivity contribution in [1.82, 2.24) is 0 Å². The molecule has 1 aliphatic rings. The standard InChI is InChI=1S/C11H8O/c12-11-7-6-10(11)8-9-4-2-1-3-5-9/h1-8H/b10-8+. The van der Waals surface area contributed by atoms with Gasteiger partial charge < -0.3 is 0 Å². The fourth-order valence-corrected chi connectivity index (χ4v) is 1.10. The maximum Gasteiger partial charge on any atom is 0.185 e. The predicted octanol–water partition coefficient (Wildman–Crippen LogP) is 2.21. The van der Waals surface area contributed by atoms with Gasteiger partial charge in [-0.3, -0.25) is 4.79 Å². The Kier molecular flexibility index (Phi) is 1.63. The van der Waals surface area contributed by atoms with Crippen molar-refractivity contribution >= 4 is 11.9 Å². The summed E-state index contributed by atoms with van der Waals surface area (Å²) in [6, 6.07) is 9.83.